The predicted octanol–water partition coefficient (Wildman–Crippen LogP) is 3.82. The van der Waals surface area contributed by atoms with Crippen LogP contribution in [0.3, 0.4) is 0 Å². The van der Waals surface area contributed by atoms with Gasteiger partial charge < -0.3 is 9.30 Å². The number of nitrogens with zero attached hydrogens (tertiary/aromatic N) is 1. The quantitative estimate of drug-likeness (QED) is 0.596. The third kappa shape index (κ3) is 3.27. The first kappa shape index (κ1) is 16.4. The molecule has 0 unspecified atom stereocenters. The number of hydrogen-bond acceptors (Lipinski definition) is 3. The van der Waals surface area contributed by atoms with Crippen molar-refractivity contribution in [3.8, 4) is 0 Å². The molecule has 1 aromatic carbocycles. The average Bonchev–Trinajstić information content (AvgIpc) is 2.90. The molecule has 1 heterocycles. The molecule has 2 rings (SSSR count). The number of ketones is 1. The summed E-state index contributed by atoms with van der Waals surface area (Å²) in [5.41, 5.74) is 0.510. The topological polar surface area (TPSA) is 48.3 Å². The Kier molecular flexibility index (Phi) is 5.13. The molecule has 0 saturated carbocycles. The normalized spacial score (nSPS) is 10.5. The summed E-state index contributed by atoms with van der Waals surface area (Å²) in [5, 5.41) is 0. The molecule has 22 heavy (non-hydrogen) atoms. The fraction of sp³-hybridized carbons (Fsp3) is 0.250. The molecule has 0 aliphatic rings. The second kappa shape index (κ2) is 6.87. The van der Waals surface area contributed by atoms with Gasteiger partial charge in [-0.1, -0.05) is 22.9 Å². The molecule has 0 spiro atoms. The molecule has 0 amide bonds. The molecule has 2 aromatic rings. The third-order valence-corrected chi connectivity index (χ3v) is 3.68. The van der Waals surface area contributed by atoms with Crippen LogP contribution in [0.5, 0.6) is 0 Å². The lowest BCUT2D eigenvalue weighted by atomic mass is 10.1. The second-order valence-electron chi connectivity index (χ2n) is 4.75. The van der Waals surface area contributed by atoms with Gasteiger partial charge in [0.2, 0.25) is 5.78 Å². The second-order valence-corrected chi connectivity index (χ2v) is 5.67. The van der Waals surface area contributed by atoms with Gasteiger partial charge in [0.05, 0.1) is 23.9 Å². The molecular weight excluding hydrogens is 353 g/mol. The van der Waals surface area contributed by atoms with Gasteiger partial charge in [-0.25, -0.2) is 9.18 Å². The van der Waals surface area contributed by atoms with Crippen molar-refractivity contribution >= 4 is 27.7 Å². The maximum absolute atomic E-state index is 14.0. The fourth-order valence-corrected chi connectivity index (χ4v) is 2.50. The Bertz CT molecular complexity index is 724. The van der Waals surface area contributed by atoms with E-state index in [1.807, 2.05) is 6.92 Å². The average molecular weight is 368 g/mol. The first-order chi connectivity index (χ1) is 10.5. The zero-order valence-corrected chi connectivity index (χ0v) is 13.8. The summed E-state index contributed by atoms with van der Waals surface area (Å²) in [5.74, 6) is -1.60. The molecule has 0 bridgehead atoms. The maximum Gasteiger partial charge on any atom is 0.339 e. The zero-order chi connectivity index (χ0) is 16.3. The van der Waals surface area contributed by atoms with E-state index in [2.05, 4.69) is 20.7 Å². The number of methoxy groups -OCH3 is 1. The Morgan fingerprint density at radius 1 is 1.32 bits per heavy atom. The number of carbonyl (C=O) groups is 2. The molecule has 6 heteroatoms. The first-order valence-corrected chi connectivity index (χ1v) is 7.55. The summed E-state index contributed by atoms with van der Waals surface area (Å²) in [6.07, 6.45) is 2.33. The Morgan fingerprint density at radius 2 is 2.05 bits per heavy atom. The highest BCUT2D eigenvalue weighted by Gasteiger charge is 2.21. The summed E-state index contributed by atoms with van der Waals surface area (Å²) in [6.45, 7) is 2.50. The van der Waals surface area contributed by atoms with Crippen molar-refractivity contribution in [3.63, 3.8) is 0 Å². The number of aromatic nitrogens is 1. The highest BCUT2D eigenvalue weighted by molar-refractivity contribution is 9.10. The molecule has 1 aromatic heterocycles. The Morgan fingerprint density at radius 3 is 2.64 bits per heavy atom. The van der Waals surface area contributed by atoms with Crippen molar-refractivity contribution in [2.24, 2.45) is 0 Å². The van der Waals surface area contributed by atoms with Crippen LogP contribution in [0, 0.1) is 5.82 Å². The van der Waals surface area contributed by atoms with Gasteiger partial charge in [0.15, 0.2) is 0 Å². The van der Waals surface area contributed by atoms with E-state index in [-0.39, 0.29) is 16.8 Å². The Labute approximate surface area is 136 Å². The largest absolute Gasteiger partial charge is 0.465 e. The molecular formula is C16H15BrFNO3. The van der Waals surface area contributed by atoms with Crippen molar-refractivity contribution in [1.29, 1.82) is 0 Å². The SMILES string of the molecule is CCCn1cc(C(=O)OC)cc1C(=O)c1ccc(Br)cc1F. The van der Waals surface area contributed by atoms with Gasteiger partial charge in [0.25, 0.3) is 0 Å². The van der Waals surface area contributed by atoms with Gasteiger partial charge in [-0.2, -0.15) is 0 Å². The van der Waals surface area contributed by atoms with E-state index < -0.39 is 17.6 Å². The minimum Gasteiger partial charge on any atom is -0.465 e. The third-order valence-electron chi connectivity index (χ3n) is 3.19. The fourth-order valence-electron chi connectivity index (χ4n) is 2.17. The molecule has 0 saturated heterocycles. The van der Waals surface area contributed by atoms with E-state index in [4.69, 9.17) is 0 Å². The Balaban J connectivity index is 2.47. The van der Waals surface area contributed by atoms with Crippen LogP contribution in [0.1, 0.15) is 39.8 Å². The Hall–Kier alpha value is -1.95. The summed E-state index contributed by atoms with van der Waals surface area (Å²) < 4.78 is 20.9. The van der Waals surface area contributed by atoms with Crippen LogP contribution < -0.4 is 0 Å². The standard InChI is InChI=1S/C16H15BrFNO3/c1-3-6-19-9-10(16(21)22-2)7-14(19)15(20)12-5-4-11(17)8-13(12)18/h4-5,7-9H,3,6H2,1-2H3. The van der Waals surface area contributed by atoms with Crippen molar-refractivity contribution in [2.45, 2.75) is 19.9 Å². The summed E-state index contributed by atoms with van der Waals surface area (Å²) in [6, 6.07) is 5.69. The van der Waals surface area contributed by atoms with E-state index in [1.165, 1.54) is 25.3 Å². The molecule has 0 radical (unpaired) electrons. The van der Waals surface area contributed by atoms with Crippen LogP contribution in [0.15, 0.2) is 34.9 Å². The van der Waals surface area contributed by atoms with Gasteiger partial charge in [-0.15, -0.1) is 0 Å². The van der Waals surface area contributed by atoms with Crippen molar-refractivity contribution < 1.29 is 18.7 Å². The number of benzene rings is 1. The number of aryl methyl sites for hydroxylation is 1. The summed E-state index contributed by atoms with van der Waals surface area (Å²) in [7, 11) is 1.27. The lowest BCUT2D eigenvalue weighted by molar-refractivity contribution is 0.0600. The van der Waals surface area contributed by atoms with E-state index >= 15 is 0 Å². The highest BCUT2D eigenvalue weighted by atomic mass is 79.9. The van der Waals surface area contributed by atoms with Gasteiger partial charge in [0.1, 0.15) is 5.82 Å². The van der Waals surface area contributed by atoms with E-state index in [9.17, 15) is 14.0 Å². The van der Waals surface area contributed by atoms with E-state index in [0.29, 0.717) is 11.0 Å². The van der Waals surface area contributed by atoms with Crippen LogP contribution in [0.25, 0.3) is 0 Å². The van der Waals surface area contributed by atoms with E-state index in [1.54, 1.807) is 16.8 Å². The summed E-state index contributed by atoms with van der Waals surface area (Å²) >= 11 is 3.16. The first-order valence-electron chi connectivity index (χ1n) is 6.76. The molecule has 0 atom stereocenters. The number of esters is 1. The van der Waals surface area contributed by atoms with Crippen LogP contribution in [-0.2, 0) is 11.3 Å². The van der Waals surface area contributed by atoms with Crippen LogP contribution in [-0.4, -0.2) is 23.4 Å². The predicted molar refractivity (Wildman–Crippen MR) is 83.6 cm³/mol. The van der Waals surface area contributed by atoms with Crippen molar-refractivity contribution in [2.75, 3.05) is 7.11 Å². The summed E-state index contributed by atoms with van der Waals surface area (Å²) in [4.78, 5) is 24.2. The molecule has 116 valence electrons. The lowest BCUT2D eigenvalue weighted by Crippen LogP contribution is -2.11. The molecule has 4 nitrogen and oxygen atoms in total. The van der Waals surface area contributed by atoms with Crippen molar-refractivity contribution in [1.82, 2.24) is 4.57 Å². The maximum atomic E-state index is 14.0. The minimum atomic E-state index is -0.608. The van der Waals surface area contributed by atoms with Crippen LogP contribution >= 0.6 is 15.9 Å². The molecule has 0 N–H and O–H groups in total. The van der Waals surface area contributed by atoms with Gasteiger partial charge in [-0.3, -0.25) is 4.79 Å². The molecule has 0 fully saturated rings. The monoisotopic (exact) mass is 367 g/mol. The van der Waals surface area contributed by atoms with Crippen LogP contribution in [0.2, 0.25) is 0 Å². The minimum absolute atomic E-state index is 0.0323. The number of rotatable bonds is 5. The van der Waals surface area contributed by atoms with Gasteiger partial charge in [-0.05, 0) is 30.7 Å². The van der Waals surface area contributed by atoms with E-state index in [0.717, 1.165) is 6.42 Å². The number of carbonyl (C=O) groups excluding carboxylic acids is 2. The zero-order valence-electron chi connectivity index (χ0n) is 12.2. The van der Waals surface area contributed by atoms with Crippen LogP contribution in [0.4, 0.5) is 4.39 Å². The number of hydrogen-bond donors (Lipinski definition) is 0. The molecule has 0 aliphatic carbocycles. The lowest BCUT2D eigenvalue weighted by Gasteiger charge is -2.07. The highest BCUT2D eigenvalue weighted by Crippen LogP contribution is 2.20. The van der Waals surface area contributed by atoms with Crippen molar-refractivity contribution in [3.05, 3.63) is 57.6 Å². The number of ether oxygens (including phenoxy) is 1. The van der Waals surface area contributed by atoms with Gasteiger partial charge >= 0.3 is 5.97 Å². The smallest absolute Gasteiger partial charge is 0.339 e. The van der Waals surface area contributed by atoms with Gasteiger partial charge in [0, 0.05) is 17.2 Å². The molecule has 0 aliphatic heterocycles. The number of halogens is 2.